The molecule has 0 aliphatic rings. The number of hydrogen-bond acceptors (Lipinski definition) is 7. The van der Waals surface area contributed by atoms with Crippen molar-refractivity contribution in [2.24, 2.45) is 0 Å². The fourth-order valence-electron chi connectivity index (χ4n) is 1.87. The number of carboxylic acid groups (broad SMARTS) is 1. The quantitative estimate of drug-likeness (QED) is 0.477. The van der Waals surface area contributed by atoms with Crippen molar-refractivity contribution in [1.29, 1.82) is 0 Å². The van der Waals surface area contributed by atoms with E-state index in [4.69, 9.17) is 5.11 Å². The van der Waals surface area contributed by atoms with Gasteiger partial charge in [0.15, 0.2) is 0 Å². The van der Waals surface area contributed by atoms with Gasteiger partial charge < -0.3 is 10.4 Å². The summed E-state index contributed by atoms with van der Waals surface area (Å²) in [4.78, 5) is 35.5. The monoisotopic (exact) mass is 406 g/mol. The van der Waals surface area contributed by atoms with Crippen LogP contribution in [0.5, 0.6) is 0 Å². The van der Waals surface area contributed by atoms with E-state index in [9.17, 15) is 14.4 Å². The highest BCUT2D eigenvalue weighted by molar-refractivity contribution is 8.00. The second-order valence-electron chi connectivity index (χ2n) is 5.52. The zero-order valence-electron chi connectivity index (χ0n) is 14.8. The topological polar surface area (TPSA) is 121 Å². The number of nitrogens with zero attached hydrogens (tertiary/aromatic N) is 2. The van der Waals surface area contributed by atoms with Crippen LogP contribution in [0.25, 0.3) is 0 Å². The number of carbonyl (C=O) groups is 3. The Balaban J connectivity index is 1.90. The molecule has 0 aliphatic heterocycles. The van der Waals surface area contributed by atoms with Crippen molar-refractivity contribution in [3.63, 3.8) is 0 Å². The van der Waals surface area contributed by atoms with Crippen LogP contribution in [0.3, 0.4) is 0 Å². The van der Waals surface area contributed by atoms with Gasteiger partial charge in [-0.25, -0.2) is 4.79 Å². The summed E-state index contributed by atoms with van der Waals surface area (Å²) >= 11 is 2.67. The number of amides is 2. The number of nitrogens with one attached hydrogen (secondary N) is 2. The minimum atomic E-state index is -1.15. The Morgan fingerprint density at radius 2 is 1.85 bits per heavy atom. The van der Waals surface area contributed by atoms with Crippen LogP contribution in [-0.4, -0.2) is 38.3 Å². The summed E-state index contributed by atoms with van der Waals surface area (Å²) < 4.78 is 0. The largest absolute Gasteiger partial charge is 0.478 e. The van der Waals surface area contributed by atoms with Gasteiger partial charge >= 0.3 is 5.97 Å². The molecule has 3 N–H and O–H groups in total. The first-order valence-electron chi connectivity index (χ1n) is 7.85. The second kappa shape index (κ2) is 9.28. The first-order valence-corrected chi connectivity index (χ1v) is 9.54. The van der Waals surface area contributed by atoms with Crippen molar-refractivity contribution in [3.05, 3.63) is 40.9 Å². The third-order valence-corrected chi connectivity index (χ3v) is 5.11. The van der Waals surface area contributed by atoms with Gasteiger partial charge in [0, 0.05) is 22.2 Å². The summed E-state index contributed by atoms with van der Waals surface area (Å²) in [6, 6.07) is 6.91. The van der Waals surface area contributed by atoms with Crippen molar-refractivity contribution in [3.8, 4) is 0 Å². The van der Waals surface area contributed by atoms with E-state index < -0.39 is 11.9 Å². The number of aryl methyl sites for hydroxylation is 1. The highest BCUT2D eigenvalue weighted by atomic mass is 32.2. The van der Waals surface area contributed by atoms with Gasteiger partial charge in [-0.2, -0.15) is 0 Å². The molecule has 1 heterocycles. The van der Waals surface area contributed by atoms with Crippen LogP contribution < -0.4 is 10.6 Å². The summed E-state index contributed by atoms with van der Waals surface area (Å²) in [5, 5.41) is 22.7. The molecule has 0 aliphatic carbocycles. The lowest BCUT2D eigenvalue weighted by molar-refractivity contribution is -0.132. The van der Waals surface area contributed by atoms with Gasteiger partial charge in [0.25, 0.3) is 0 Å². The molecule has 1 aromatic heterocycles. The normalized spacial score (nSPS) is 12.3. The Kier molecular flexibility index (Phi) is 7.08. The van der Waals surface area contributed by atoms with E-state index in [1.807, 2.05) is 6.92 Å². The molecule has 2 aromatic rings. The maximum Gasteiger partial charge on any atom is 0.331 e. The summed E-state index contributed by atoms with van der Waals surface area (Å²) in [5.74, 6) is -1.84. The maximum atomic E-state index is 12.2. The highest BCUT2D eigenvalue weighted by Crippen LogP contribution is 2.26. The summed E-state index contributed by atoms with van der Waals surface area (Å²) in [6.07, 6.45) is 1.02. The molecule has 8 nitrogen and oxygen atoms in total. The van der Waals surface area contributed by atoms with Crippen LogP contribution in [0.1, 0.15) is 18.9 Å². The van der Waals surface area contributed by atoms with Crippen LogP contribution in [0.4, 0.5) is 10.8 Å². The number of benzene rings is 1. The molecule has 0 fully saturated rings. The summed E-state index contributed by atoms with van der Waals surface area (Å²) in [5.41, 5.74) is 0.477. The lowest BCUT2D eigenvalue weighted by atomic mass is 10.2. The lowest BCUT2D eigenvalue weighted by Crippen LogP contribution is -2.22. The Labute approximate surface area is 164 Å². The van der Waals surface area contributed by atoms with E-state index in [1.54, 1.807) is 31.2 Å². The van der Waals surface area contributed by atoms with E-state index >= 15 is 0 Å². The third kappa shape index (κ3) is 6.50. The van der Waals surface area contributed by atoms with Gasteiger partial charge in [-0.15, -0.1) is 22.0 Å². The number of aliphatic carboxylic acids is 1. The van der Waals surface area contributed by atoms with E-state index in [1.165, 1.54) is 30.0 Å². The molecule has 2 amide bonds. The molecule has 0 saturated carbocycles. The van der Waals surface area contributed by atoms with Gasteiger partial charge in [-0.3, -0.25) is 14.9 Å². The van der Waals surface area contributed by atoms with Crippen LogP contribution in [0, 0.1) is 6.92 Å². The van der Waals surface area contributed by atoms with Crippen LogP contribution in [0.15, 0.2) is 40.8 Å². The van der Waals surface area contributed by atoms with Gasteiger partial charge in [0.1, 0.15) is 5.01 Å². The molecule has 0 saturated heterocycles. The first kappa shape index (κ1) is 20.6. The predicted octanol–water partition coefficient (Wildman–Crippen LogP) is 2.94. The molecule has 0 bridgehead atoms. The van der Waals surface area contributed by atoms with Gasteiger partial charge in [-0.05, 0) is 45.0 Å². The standard InChI is InChI=1S/C17H18N4O4S2/c1-9(16(24)25)8-14(22)18-12-4-6-13(7-5-12)26-10(2)15(23)19-17-21-20-11(3)27-17/h4-8,10H,1-3H3,(H,18,22)(H,24,25)(H,19,21,23)/b9-8+/t10-/m0/s1. The number of anilines is 2. The van der Waals surface area contributed by atoms with Crippen molar-refractivity contribution < 1.29 is 19.5 Å². The van der Waals surface area contributed by atoms with E-state index in [0.29, 0.717) is 10.8 Å². The highest BCUT2D eigenvalue weighted by Gasteiger charge is 2.16. The number of carbonyl (C=O) groups excluding carboxylic acids is 2. The summed E-state index contributed by atoms with van der Waals surface area (Å²) in [7, 11) is 0. The number of carboxylic acids is 1. The van der Waals surface area contributed by atoms with Crippen molar-refractivity contribution in [1.82, 2.24) is 10.2 Å². The van der Waals surface area contributed by atoms with Crippen LogP contribution in [0.2, 0.25) is 0 Å². The number of thioether (sulfide) groups is 1. The van der Waals surface area contributed by atoms with Crippen molar-refractivity contribution >= 4 is 51.7 Å². The van der Waals surface area contributed by atoms with Crippen molar-refractivity contribution in [2.45, 2.75) is 30.9 Å². The second-order valence-corrected chi connectivity index (χ2v) is 8.12. The minimum Gasteiger partial charge on any atom is -0.478 e. The minimum absolute atomic E-state index is 0.0508. The molecule has 0 spiro atoms. The van der Waals surface area contributed by atoms with Crippen LogP contribution in [-0.2, 0) is 14.4 Å². The SMILES string of the molecule is C/C(=C\C(=O)Nc1ccc(S[C@@H](C)C(=O)Nc2nnc(C)s2)cc1)C(=O)O. The molecular formula is C17H18N4O4S2. The Morgan fingerprint density at radius 3 is 2.41 bits per heavy atom. The van der Waals surface area contributed by atoms with E-state index in [0.717, 1.165) is 16.0 Å². The Morgan fingerprint density at radius 1 is 1.19 bits per heavy atom. The third-order valence-electron chi connectivity index (χ3n) is 3.25. The van der Waals surface area contributed by atoms with Gasteiger partial charge in [-0.1, -0.05) is 11.3 Å². The number of rotatable bonds is 7. The summed E-state index contributed by atoms with van der Waals surface area (Å²) in [6.45, 7) is 4.94. The molecular weight excluding hydrogens is 388 g/mol. The molecule has 27 heavy (non-hydrogen) atoms. The van der Waals surface area contributed by atoms with E-state index in [-0.39, 0.29) is 16.7 Å². The lowest BCUT2D eigenvalue weighted by Gasteiger charge is -2.11. The molecule has 142 valence electrons. The van der Waals surface area contributed by atoms with E-state index in [2.05, 4.69) is 20.8 Å². The van der Waals surface area contributed by atoms with Crippen LogP contribution >= 0.6 is 23.1 Å². The molecule has 1 atom stereocenters. The number of aromatic nitrogens is 2. The average molecular weight is 406 g/mol. The zero-order chi connectivity index (χ0) is 20.0. The predicted molar refractivity (Wildman–Crippen MR) is 105 cm³/mol. The smallest absolute Gasteiger partial charge is 0.331 e. The molecule has 2 rings (SSSR count). The molecule has 10 heteroatoms. The number of hydrogen-bond donors (Lipinski definition) is 3. The van der Waals surface area contributed by atoms with Gasteiger partial charge in [0.2, 0.25) is 16.9 Å². The fourth-order valence-corrected chi connectivity index (χ4v) is 3.33. The Bertz CT molecular complexity index is 877. The van der Waals surface area contributed by atoms with Gasteiger partial charge in [0.05, 0.1) is 5.25 Å². The molecule has 1 aromatic carbocycles. The van der Waals surface area contributed by atoms with Crippen molar-refractivity contribution in [2.75, 3.05) is 10.6 Å². The zero-order valence-corrected chi connectivity index (χ0v) is 16.5. The maximum absolute atomic E-state index is 12.2. The molecule has 0 radical (unpaired) electrons. The Hall–Kier alpha value is -2.72. The fraction of sp³-hybridized carbons (Fsp3) is 0.235. The molecule has 0 unspecified atom stereocenters. The average Bonchev–Trinajstić information content (AvgIpc) is 3.01. The first-order chi connectivity index (χ1) is 12.7.